The fourth-order valence-electron chi connectivity index (χ4n) is 2.72. The Hall–Kier alpha value is -2.27. The van der Waals surface area contributed by atoms with Crippen LogP contribution in [0.1, 0.15) is 27.5 Å². The highest BCUT2D eigenvalue weighted by Gasteiger charge is 2.31. The highest BCUT2D eigenvalue weighted by Crippen LogP contribution is 2.30. The van der Waals surface area contributed by atoms with E-state index in [9.17, 15) is 13.6 Å². The van der Waals surface area contributed by atoms with Crippen LogP contribution in [-0.2, 0) is 6.42 Å². The zero-order valence-electron chi connectivity index (χ0n) is 11.1. The van der Waals surface area contributed by atoms with Crippen molar-refractivity contribution in [2.45, 2.75) is 18.5 Å². The molecule has 2 unspecified atom stereocenters. The predicted octanol–water partition coefficient (Wildman–Crippen LogP) is 2.32. The van der Waals surface area contributed by atoms with E-state index in [0.29, 0.717) is 6.42 Å². The molecule has 1 aliphatic carbocycles. The third kappa shape index (κ3) is 2.64. The monoisotopic (exact) mass is 288 g/mol. The van der Waals surface area contributed by atoms with Crippen LogP contribution < -0.4 is 11.1 Å². The van der Waals surface area contributed by atoms with E-state index < -0.39 is 17.5 Å². The molecule has 0 aliphatic heterocycles. The van der Waals surface area contributed by atoms with Gasteiger partial charge in [0.05, 0.1) is 6.04 Å². The fourth-order valence-corrected chi connectivity index (χ4v) is 2.72. The molecular weight excluding hydrogens is 274 g/mol. The molecule has 0 bridgehead atoms. The molecule has 3 nitrogen and oxygen atoms in total. The van der Waals surface area contributed by atoms with Crippen molar-refractivity contribution in [1.29, 1.82) is 0 Å². The van der Waals surface area contributed by atoms with Crippen LogP contribution in [0.4, 0.5) is 8.78 Å². The van der Waals surface area contributed by atoms with E-state index in [4.69, 9.17) is 5.73 Å². The van der Waals surface area contributed by atoms with E-state index in [2.05, 4.69) is 5.32 Å². The smallest absolute Gasteiger partial charge is 0.252 e. The van der Waals surface area contributed by atoms with Gasteiger partial charge < -0.3 is 11.1 Å². The molecule has 1 aliphatic rings. The zero-order valence-corrected chi connectivity index (χ0v) is 11.1. The Morgan fingerprint density at radius 3 is 2.52 bits per heavy atom. The summed E-state index contributed by atoms with van der Waals surface area (Å²) in [4.78, 5) is 12.2. The summed E-state index contributed by atoms with van der Waals surface area (Å²) in [6.07, 6.45) is 0.665. The number of hydrogen-bond acceptors (Lipinski definition) is 2. The Morgan fingerprint density at radius 1 is 1.14 bits per heavy atom. The Kier molecular flexibility index (Phi) is 3.43. The van der Waals surface area contributed by atoms with Crippen LogP contribution >= 0.6 is 0 Å². The summed E-state index contributed by atoms with van der Waals surface area (Å²) in [5.41, 5.74) is 8.04. The molecule has 21 heavy (non-hydrogen) atoms. The number of fused-ring (bicyclic) bond motifs is 1. The molecule has 0 saturated carbocycles. The number of rotatable bonds is 2. The summed E-state index contributed by atoms with van der Waals surface area (Å²) in [5.74, 6) is -2.10. The lowest BCUT2D eigenvalue weighted by Crippen LogP contribution is -2.38. The molecular formula is C16H14F2N2O. The SMILES string of the molecule is NC1Cc2ccccc2C1NC(=O)c1cc(F)cc(F)c1. The second-order valence-electron chi connectivity index (χ2n) is 5.18. The molecule has 5 heteroatoms. The van der Waals surface area contributed by atoms with Crippen LogP contribution in [0.3, 0.4) is 0 Å². The van der Waals surface area contributed by atoms with Gasteiger partial charge in [-0.1, -0.05) is 24.3 Å². The molecule has 2 aromatic carbocycles. The van der Waals surface area contributed by atoms with Crippen LogP contribution in [-0.4, -0.2) is 11.9 Å². The molecule has 3 N–H and O–H groups in total. The van der Waals surface area contributed by atoms with Gasteiger partial charge in [0, 0.05) is 17.7 Å². The second-order valence-corrected chi connectivity index (χ2v) is 5.18. The Bertz CT molecular complexity index is 682. The van der Waals surface area contributed by atoms with Gasteiger partial charge in [-0.15, -0.1) is 0 Å². The van der Waals surface area contributed by atoms with Crippen LogP contribution in [0.15, 0.2) is 42.5 Å². The van der Waals surface area contributed by atoms with Gasteiger partial charge in [-0.2, -0.15) is 0 Å². The van der Waals surface area contributed by atoms with Crippen molar-refractivity contribution in [2.75, 3.05) is 0 Å². The minimum absolute atomic E-state index is 0.0518. The number of nitrogens with two attached hydrogens (primary N) is 1. The third-order valence-electron chi connectivity index (χ3n) is 3.69. The summed E-state index contributed by atoms with van der Waals surface area (Å²) in [5, 5.41) is 2.76. The number of hydrogen-bond donors (Lipinski definition) is 2. The first kappa shape index (κ1) is 13.7. The maximum Gasteiger partial charge on any atom is 0.252 e. The van der Waals surface area contributed by atoms with Gasteiger partial charge in [0.15, 0.2) is 0 Å². The molecule has 2 atom stereocenters. The molecule has 2 aromatic rings. The highest BCUT2D eigenvalue weighted by atomic mass is 19.1. The summed E-state index contributed by atoms with van der Waals surface area (Å²) < 4.78 is 26.3. The van der Waals surface area contributed by atoms with Crippen LogP contribution in [0.2, 0.25) is 0 Å². The van der Waals surface area contributed by atoms with Gasteiger partial charge in [0.25, 0.3) is 5.91 Å². The molecule has 0 spiro atoms. The van der Waals surface area contributed by atoms with Crippen molar-refractivity contribution < 1.29 is 13.6 Å². The van der Waals surface area contributed by atoms with E-state index >= 15 is 0 Å². The van der Waals surface area contributed by atoms with Gasteiger partial charge in [-0.25, -0.2) is 8.78 Å². The van der Waals surface area contributed by atoms with Gasteiger partial charge in [0.2, 0.25) is 0 Å². The lowest BCUT2D eigenvalue weighted by molar-refractivity contribution is 0.0932. The topological polar surface area (TPSA) is 55.1 Å². The van der Waals surface area contributed by atoms with E-state index in [1.807, 2.05) is 24.3 Å². The Balaban J connectivity index is 1.85. The van der Waals surface area contributed by atoms with E-state index in [1.165, 1.54) is 0 Å². The molecule has 3 rings (SSSR count). The van der Waals surface area contributed by atoms with E-state index in [0.717, 1.165) is 29.3 Å². The standard InChI is InChI=1S/C16H14F2N2O/c17-11-5-10(6-12(18)8-11)16(21)20-15-13-4-2-1-3-9(13)7-14(15)19/h1-6,8,14-15H,7,19H2,(H,20,21). The van der Waals surface area contributed by atoms with Crippen LogP contribution in [0.25, 0.3) is 0 Å². The lowest BCUT2D eigenvalue weighted by Gasteiger charge is -2.18. The highest BCUT2D eigenvalue weighted by molar-refractivity contribution is 5.94. The van der Waals surface area contributed by atoms with Crippen LogP contribution in [0.5, 0.6) is 0 Å². The first-order chi connectivity index (χ1) is 10.0. The average Bonchev–Trinajstić information content (AvgIpc) is 2.74. The second kappa shape index (κ2) is 5.26. The predicted molar refractivity (Wildman–Crippen MR) is 74.7 cm³/mol. The number of halogens is 2. The van der Waals surface area contributed by atoms with Gasteiger partial charge in [-0.05, 0) is 29.7 Å². The molecule has 0 heterocycles. The molecule has 0 saturated heterocycles. The van der Waals surface area contributed by atoms with Crippen molar-refractivity contribution >= 4 is 5.91 Å². The van der Waals surface area contributed by atoms with E-state index in [1.54, 1.807) is 0 Å². The maximum atomic E-state index is 13.2. The quantitative estimate of drug-likeness (QED) is 0.891. The normalized spacial score (nSPS) is 20.1. The molecule has 0 radical (unpaired) electrons. The van der Waals surface area contributed by atoms with Gasteiger partial charge in [-0.3, -0.25) is 4.79 Å². The third-order valence-corrected chi connectivity index (χ3v) is 3.69. The zero-order chi connectivity index (χ0) is 15.0. The summed E-state index contributed by atoms with van der Waals surface area (Å²) in [6, 6.07) is 9.80. The summed E-state index contributed by atoms with van der Waals surface area (Å²) in [7, 11) is 0. The lowest BCUT2D eigenvalue weighted by atomic mass is 10.1. The first-order valence-electron chi connectivity index (χ1n) is 6.65. The Labute approximate surface area is 120 Å². The maximum absolute atomic E-state index is 13.2. The largest absolute Gasteiger partial charge is 0.344 e. The summed E-state index contributed by atoms with van der Waals surface area (Å²) in [6.45, 7) is 0. The summed E-state index contributed by atoms with van der Waals surface area (Å²) >= 11 is 0. The first-order valence-corrected chi connectivity index (χ1v) is 6.65. The number of amides is 1. The van der Waals surface area contributed by atoms with Gasteiger partial charge >= 0.3 is 0 Å². The number of carbonyl (C=O) groups excluding carboxylic acids is 1. The molecule has 1 amide bonds. The molecule has 108 valence electrons. The number of carbonyl (C=O) groups is 1. The van der Waals surface area contributed by atoms with Crippen molar-refractivity contribution in [3.8, 4) is 0 Å². The fraction of sp³-hybridized carbons (Fsp3) is 0.188. The molecule has 0 fully saturated rings. The molecule has 0 aromatic heterocycles. The van der Waals surface area contributed by atoms with Crippen molar-refractivity contribution in [1.82, 2.24) is 5.32 Å². The van der Waals surface area contributed by atoms with Crippen molar-refractivity contribution in [2.24, 2.45) is 5.73 Å². The minimum Gasteiger partial charge on any atom is -0.344 e. The van der Waals surface area contributed by atoms with Crippen LogP contribution in [0, 0.1) is 11.6 Å². The minimum atomic E-state index is -0.781. The van der Waals surface area contributed by atoms with Crippen molar-refractivity contribution in [3.05, 3.63) is 70.8 Å². The average molecular weight is 288 g/mol. The van der Waals surface area contributed by atoms with Crippen molar-refractivity contribution in [3.63, 3.8) is 0 Å². The van der Waals surface area contributed by atoms with E-state index in [-0.39, 0.29) is 17.6 Å². The number of benzene rings is 2. The Morgan fingerprint density at radius 2 is 1.81 bits per heavy atom. The van der Waals surface area contributed by atoms with Gasteiger partial charge in [0.1, 0.15) is 11.6 Å². The number of nitrogens with one attached hydrogen (secondary N) is 1.